The van der Waals surface area contributed by atoms with Gasteiger partial charge in [-0.05, 0) is 37.3 Å². The van der Waals surface area contributed by atoms with Crippen LogP contribution in [-0.2, 0) is 0 Å². The molecule has 1 saturated carbocycles. The molecule has 2 nitrogen and oxygen atoms in total. The van der Waals surface area contributed by atoms with Gasteiger partial charge in [-0.15, -0.1) is 0 Å². The van der Waals surface area contributed by atoms with Crippen LogP contribution in [0.2, 0.25) is 0 Å². The summed E-state index contributed by atoms with van der Waals surface area (Å²) >= 11 is 0. The summed E-state index contributed by atoms with van der Waals surface area (Å²) in [6, 6.07) is 0.640. The van der Waals surface area contributed by atoms with E-state index in [1.807, 2.05) is 0 Å². The molecule has 2 rings (SSSR count). The average molecular weight is 168 g/mol. The van der Waals surface area contributed by atoms with Gasteiger partial charge in [-0.2, -0.15) is 0 Å². The van der Waals surface area contributed by atoms with Crippen molar-refractivity contribution in [3.05, 3.63) is 0 Å². The number of rotatable bonds is 3. The molecule has 0 aromatic heterocycles. The summed E-state index contributed by atoms with van der Waals surface area (Å²) in [6.45, 7) is 8.17. The maximum atomic E-state index is 3.54. The fourth-order valence-corrected chi connectivity index (χ4v) is 2.27. The molecule has 2 N–H and O–H groups in total. The minimum Gasteiger partial charge on any atom is -0.316 e. The number of hydrogen-bond donors (Lipinski definition) is 2. The van der Waals surface area contributed by atoms with Crippen LogP contribution in [0.5, 0.6) is 0 Å². The van der Waals surface area contributed by atoms with E-state index in [1.54, 1.807) is 0 Å². The first kappa shape index (κ1) is 8.52. The van der Waals surface area contributed by atoms with Gasteiger partial charge >= 0.3 is 0 Å². The van der Waals surface area contributed by atoms with Gasteiger partial charge in [0.05, 0.1) is 0 Å². The predicted octanol–water partition coefficient (Wildman–Crippen LogP) is 0.984. The Kier molecular flexibility index (Phi) is 2.13. The predicted molar refractivity (Wildman–Crippen MR) is 51.2 cm³/mol. The van der Waals surface area contributed by atoms with E-state index in [1.165, 1.54) is 32.5 Å². The highest BCUT2D eigenvalue weighted by molar-refractivity contribution is 5.05. The van der Waals surface area contributed by atoms with E-state index in [4.69, 9.17) is 0 Å². The van der Waals surface area contributed by atoms with Gasteiger partial charge < -0.3 is 10.6 Å². The first-order valence-electron chi connectivity index (χ1n) is 5.17. The summed E-state index contributed by atoms with van der Waals surface area (Å²) < 4.78 is 0. The Labute approximate surface area is 75.1 Å². The topological polar surface area (TPSA) is 24.1 Å². The van der Waals surface area contributed by atoms with Crippen molar-refractivity contribution < 1.29 is 0 Å². The van der Waals surface area contributed by atoms with Crippen molar-refractivity contribution in [1.29, 1.82) is 0 Å². The van der Waals surface area contributed by atoms with Crippen LogP contribution in [0.15, 0.2) is 0 Å². The second-order valence-corrected chi connectivity index (χ2v) is 4.75. The standard InChI is InChI=1S/C10H20N2/c1-8(2)12-6-9-5-11-7-10(9)3-4-10/h8-9,11-12H,3-7H2,1-2H3. The lowest BCUT2D eigenvalue weighted by atomic mass is 9.93. The molecule has 1 heterocycles. The van der Waals surface area contributed by atoms with Crippen LogP contribution in [0.4, 0.5) is 0 Å². The molecule has 2 heteroatoms. The minimum atomic E-state index is 0.640. The Balaban J connectivity index is 1.80. The van der Waals surface area contributed by atoms with Crippen molar-refractivity contribution >= 4 is 0 Å². The van der Waals surface area contributed by atoms with Crippen LogP contribution >= 0.6 is 0 Å². The van der Waals surface area contributed by atoms with E-state index in [0.717, 1.165) is 11.3 Å². The van der Waals surface area contributed by atoms with E-state index in [0.29, 0.717) is 6.04 Å². The van der Waals surface area contributed by atoms with Gasteiger partial charge in [0.1, 0.15) is 0 Å². The Morgan fingerprint density at radius 2 is 2.25 bits per heavy atom. The summed E-state index contributed by atoms with van der Waals surface area (Å²) in [5, 5.41) is 7.05. The SMILES string of the molecule is CC(C)NCC1CNCC12CC2. The molecule has 0 amide bonds. The Hall–Kier alpha value is -0.0800. The van der Waals surface area contributed by atoms with Crippen molar-refractivity contribution in [1.82, 2.24) is 10.6 Å². The smallest absolute Gasteiger partial charge is 0.00116 e. The zero-order valence-corrected chi connectivity index (χ0v) is 8.19. The first-order valence-corrected chi connectivity index (χ1v) is 5.17. The highest BCUT2D eigenvalue weighted by Gasteiger charge is 2.51. The average Bonchev–Trinajstić information content (AvgIpc) is 2.62. The fraction of sp³-hybridized carbons (Fsp3) is 1.00. The lowest BCUT2D eigenvalue weighted by Crippen LogP contribution is -2.32. The lowest BCUT2D eigenvalue weighted by Gasteiger charge is -2.19. The van der Waals surface area contributed by atoms with Gasteiger partial charge in [-0.3, -0.25) is 0 Å². The normalized spacial score (nSPS) is 31.8. The van der Waals surface area contributed by atoms with Crippen molar-refractivity contribution in [2.75, 3.05) is 19.6 Å². The van der Waals surface area contributed by atoms with E-state index in [-0.39, 0.29) is 0 Å². The van der Waals surface area contributed by atoms with Crippen molar-refractivity contribution in [2.24, 2.45) is 11.3 Å². The Morgan fingerprint density at radius 1 is 1.50 bits per heavy atom. The van der Waals surface area contributed by atoms with Crippen LogP contribution in [0, 0.1) is 11.3 Å². The van der Waals surface area contributed by atoms with E-state index >= 15 is 0 Å². The molecule has 12 heavy (non-hydrogen) atoms. The Bertz CT molecular complexity index is 161. The van der Waals surface area contributed by atoms with Gasteiger partial charge in [0.2, 0.25) is 0 Å². The highest BCUT2D eigenvalue weighted by atomic mass is 15.0. The molecule has 0 aromatic rings. The largest absolute Gasteiger partial charge is 0.316 e. The van der Waals surface area contributed by atoms with Gasteiger partial charge in [-0.1, -0.05) is 13.8 Å². The molecular formula is C10H20N2. The van der Waals surface area contributed by atoms with Crippen LogP contribution in [0.1, 0.15) is 26.7 Å². The van der Waals surface area contributed by atoms with Crippen molar-refractivity contribution in [2.45, 2.75) is 32.7 Å². The summed E-state index contributed by atoms with van der Waals surface area (Å²) in [4.78, 5) is 0. The summed E-state index contributed by atoms with van der Waals surface area (Å²) in [5.74, 6) is 0.903. The fourth-order valence-electron chi connectivity index (χ4n) is 2.27. The molecule has 0 aromatic carbocycles. The molecule has 0 radical (unpaired) electrons. The molecular weight excluding hydrogens is 148 g/mol. The molecule has 1 spiro atoms. The molecule has 70 valence electrons. The summed E-state index contributed by atoms with van der Waals surface area (Å²) in [6.07, 6.45) is 2.93. The maximum Gasteiger partial charge on any atom is 0.00116 e. The molecule has 1 aliphatic heterocycles. The van der Waals surface area contributed by atoms with Crippen LogP contribution in [0.3, 0.4) is 0 Å². The number of nitrogens with one attached hydrogen (secondary N) is 2. The van der Waals surface area contributed by atoms with E-state index in [9.17, 15) is 0 Å². The van der Waals surface area contributed by atoms with E-state index < -0.39 is 0 Å². The van der Waals surface area contributed by atoms with E-state index in [2.05, 4.69) is 24.5 Å². The van der Waals surface area contributed by atoms with Crippen molar-refractivity contribution in [3.63, 3.8) is 0 Å². The zero-order chi connectivity index (χ0) is 8.60. The first-order chi connectivity index (χ1) is 5.73. The van der Waals surface area contributed by atoms with Crippen LogP contribution in [0.25, 0.3) is 0 Å². The van der Waals surface area contributed by atoms with Crippen molar-refractivity contribution in [3.8, 4) is 0 Å². The van der Waals surface area contributed by atoms with Gasteiger partial charge in [0.25, 0.3) is 0 Å². The third-order valence-electron chi connectivity index (χ3n) is 3.40. The Morgan fingerprint density at radius 3 is 2.83 bits per heavy atom. The highest BCUT2D eigenvalue weighted by Crippen LogP contribution is 2.53. The summed E-state index contributed by atoms with van der Waals surface area (Å²) in [7, 11) is 0. The second kappa shape index (κ2) is 3.00. The molecule has 2 fully saturated rings. The van der Waals surface area contributed by atoms with Gasteiger partial charge in [-0.25, -0.2) is 0 Å². The molecule has 1 saturated heterocycles. The second-order valence-electron chi connectivity index (χ2n) is 4.75. The molecule has 0 bridgehead atoms. The van der Waals surface area contributed by atoms with Gasteiger partial charge in [0, 0.05) is 12.6 Å². The molecule has 1 aliphatic carbocycles. The monoisotopic (exact) mass is 168 g/mol. The van der Waals surface area contributed by atoms with Crippen LogP contribution < -0.4 is 10.6 Å². The quantitative estimate of drug-likeness (QED) is 0.656. The molecule has 1 atom stereocenters. The van der Waals surface area contributed by atoms with Crippen LogP contribution in [-0.4, -0.2) is 25.7 Å². The maximum absolute atomic E-state index is 3.54. The lowest BCUT2D eigenvalue weighted by molar-refractivity contribution is 0.363. The third kappa shape index (κ3) is 1.50. The summed E-state index contributed by atoms with van der Waals surface area (Å²) in [5.41, 5.74) is 0.724. The third-order valence-corrected chi connectivity index (χ3v) is 3.40. The number of hydrogen-bond acceptors (Lipinski definition) is 2. The molecule has 1 unspecified atom stereocenters. The molecule has 2 aliphatic rings. The zero-order valence-electron chi connectivity index (χ0n) is 8.19. The minimum absolute atomic E-state index is 0.640. The van der Waals surface area contributed by atoms with Gasteiger partial charge in [0.15, 0.2) is 0 Å².